The third kappa shape index (κ3) is 3.76. The van der Waals surface area contributed by atoms with Gasteiger partial charge in [-0.05, 0) is 18.1 Å². The van der Waals surface area contributed by atoms with Gasteiger partial charge in [0.05, 0.1) is 9.82 Å². The fourth-order valence-electron chi connectivity index (χ4n) is 1.15. The van der Waals surface area contributed by atoms with Gasteiger partial charge in [-0.1, -0.05) is 6.92 Å². The van der Waals surface area contributed by atoms with Crippen LogP contribution in [0.15, 0.2) is 29.2 Å². The van der Waals surface area contributed by atoms with Crippen LogP contribution in [0.3, 0.4) is 0 Å². The summed E-state index contributed by atoms with van der Waals surface area (Å²) in [6.45, 7) is 1.68. The Morgan fingerprint density at radius 2 is 1.94 bits per heavy atom. The highest BCUT2D eigenvalue weighted by Crippen LogP contribution is 2.15. The number of nitro benzene ring substituents is 1. The largest absolute Gasteiger partial charge is 0.396 e. The van der Waals surface area contributed by atoms with E-state index in [0.717, 1.165) is 12.1 Å². The molecule has 0 saturated carbocycles. The molecule has 8 heteroatoms. The third-order valence-electron chi connectivity index (χ3n) is 2.29. The van der Waals surface area contributed by atoms with Crippen molar-refractivity contribution in [1.29, 1.82) is 0 Å². The SMILES string of the molecule is CC(CO)CNS(=O)(=O)c1ccc([N+](=O)[O-])cc1. The van der Waals surface area contributed by atoms with Crippen LogP contribution in [-0.4, -0.2) is 31.6 Å². The number of hydrogen-bond donors (Lipinski definition) is 2. The Hall–Kier alpha value is -1.51. The lowest BCUT2D eigenvalue weighted by molar-refractivity contribution is -0.384. The van der Waals surface area contributed by atoms with Crippen molar-refractivity contribution >= 4 is 15.7 Å². The van der Waals surface area contributed by atoms with E-state index in [1.807, 2.05) is 0 Å². The van der Waals surface area contributed by atoms with Gasteiger partial charge in [0, 0.05) is 25.3 Å². The van der Waals surface area contributed by atoms with Crippen molar-refractivity contribution in [3.8, 4) is 0 Å². The first-order valence-corrected chi connectivity index (χ1v) is 6.70. The highest BCUT2D eigenvalue weighted by Gasteiger charge is 2.16. The van der Waals surface area contributed by atoms with Crippen LogP contribution < -0.4 is 4.72 Å². The van der Waals surface area contributed by atoms with Crippen molar-refractivity contribution in [2.24, 2.45) is 5.92 Å². The van der Waals surface area contributed by atoms with Crippen LogP contribution in [-0.2, 0) is 10.0 Å². The lowest BCUT2D eigenvalue weighted by atomic mass is 10.2. The summed E-state index contributed by atoms with van der Waals surface area (Å²) in [5, 5.41) is 19.2. The molecule has 7 nitrogen and oxygen atoms in total. The van der Waals surface area contributed by atoms with Crippen LogP contribution in [0.25, 0.3) is 0 Å². The van der Waals surface area contributed by atoms with E-state index in [2.05, 4.69) is 4.72 Å². The topological polar surface area (TPSA) is 110 Å². The van der Waals surface area contributed by atoms with Crippen molar-refractivity contribution in [3.63, 3.8) is 0 Å². The van der Waals surface area contributed by atoms with E-state index in [9.17, 15) is 18.5 Å². The van der Waals surface area contributed by atoms with E-state index in [1.54, 1.807) is 6.92 Å². The molecule has 0 aliphatic rings. The summed E-state index contributed by atoms with van der Waals surface area (Å²) in [5.74, 6) is -0.196. The molecule has 0 aromatic heterocycles. The molecule has 0 bridgehead atoms. The van der Waals surface area contributed by atoms with Crippen molar-refractivity contribution in [2.75, 3.05) is 13.2 Å². The molecule has 0 aliphatic heterocycles. The van der Waals surface area contributed by atoms with Crippen LogP contribution in [0.5, 0.6) is 0 Å². The lowest BCUT2D eigenvalue weighted by Crippen LogP contribution is -2.29. The predicted octanol–water partition coefficient (Wildman–Crippen LogP) is 0.501. The van der Waals surface area contributed by atoms with Gasteiger partial charge >= 0.3 is 0 Å². The second-order valence-electron chi connectivity index (χ2n) is 3.89. The summed E-state index contributed by atoms with van der Waals surface area (Å²) in [6, 6.07) is 4.60. The highest BCUT2D eigenvalue weighted by atomic mass is 32.2. The van der Waals surface area contributed by atoms with Crippen molar-refractivity contribution < 1.29 is 18.4 Å². The van der Waals surface area contributed by atoms with Crippen molar-refractivity contribution in [3.05, 3.63) is 34.4 Å². The van der Waals surface area contributed by atoms with E-state index < -0.39 is 14.9 Å². The average molecular weight is 274 g/mol. The Morgan fingerprint density at radius 3 is 2.39 bits per heavy atom. The second-order valence-corrected chi connectivity index (χ2v) is 5.66. The Bertz CT molecular complexity index is 512. The minimum atomic E-state index is -3.69. The van der Waals surface area contributed by atoms with Gasteiger partial charge < -0.3 is 5.11 Å². The molecular formula is C10H14N2O5S. The molecule has 1 atom stereocenters. The number of nitrogens with one attached hydrogen (secondary N) is 1. The van der Waals surface area contributed by atoms with E-state index in [0.29, 0.717) is 0 Å². The summed E-state index contributed by atoms with van der Waals surface area (Å²) in [6.07, 6.45) is 0. The predicted molar refractivity (Wildman–Crippen MR) is 64.5 cm³/mol. The first-order chi connectivity index (χ1) is 8.36. The van der Waals surface area contributed by atoms with Crippen LogP contribution in [0.1, 0.15) is 6.92 Å². The highest BCUT2D eigenvalue weighted by molar-refractivity contribution is 7.89. The Kier molecular flexibility index (Phi) is 4.76. The number of nitro groups is 1. The quantitative estimate of drug-likeness (QED) is 0.580. The summed E-state index contributed by atoms with van der Waals surface area (Å²) >= 11 is 0. The van der Waals surface area contributed by atoms with Crippen LogP contribution in [0.4, 0.5) is 5.69 Å². The molecule has 2 N–H and O–H groups in total. The first-order valence-electron chi connectivity index (χ1n) is 5.22. The number of aliphatic hydroxyl groups excluding tert-OH is 1. The van der Waals surface area contributed by atoms with Gasteiger partial charge in [0.15, 0.2) is 0 Å². The maximum absolute atomic E-state index is 11.8. The Balaban J connectivity index is 2.82. The van der Waals surface area contributed by atoms with Gasteiger partial charge in [0.25, 0.3) is 5.69 Å². The molecule has 1 unspecified atom stereocenters. The van der Waals surface area contributed by atoms with Gasteiger partial charge in [0.2, 0.25) is 10.0 Å². The monoisotopic (exact) mass is 274 g/mol. The van der Waals surface area contributed by atoms with Gasteiger partial charge in [-0.3, -0.25) is 10.1 Å². The number of rotatable bonds is 6. The normalized spacial score (nSPS) is 13.2. The van der Waals surface area contributed by atoms with Crippen molar-refractivity contribution in [2.45, 2.75) is 11.8 Å². The van der Waals surface area contributed by atoms with Gasteiger partial charge in [-0.2, -0.15) is 0 Å². The van der Waals surface area contributed by atoms with Crippen LogP contribution in [0, 0.1) is 16.0 Å². The standard InChI is InChI=1S/C10H14N2O5S/c1-8(7-13)6-11-18(16,17)10-4-2-9(3-5-10)12(14)15/h2-5,8,11,13H,6-7H2,1H3. The number of non-ortho nitro benzene ring substituents is 1. The van der Waals surface area contributed by atoms with Gasteiger partial charge in [-0.15, -0.1) is 0 Å². The average Bonchev–Trinajstić information content (AvgIpc) is 2.36. The number of hydrogen-bond acceptors (Lipinski definition) is 5. The minimum absolute atomic E-state index is 0.0433. The maximum atomic E-state index is 11.8. The molecular weight excluding hydrogens is 260 g/mol. The van der Waals surface area contributed by atoms with E-state index in [-0.39, 0.29) is 29.7 Å². The summed E-state index contributed by atoms with van der Waals surface area (Å²) in [4.78, 5) is 9.79. The molecule has 0 fully saturated rings. The number of benzene rings is 1. The van der Waals surface area contributed by atoms with E-state index in [4.69, 9.17) is 5.11 Å². The number of aliphatic hydroxyl groups is 1. The van der Waals surface area contributed by atoms with E-state index in [1.165, 1.54) is 12.1 Å². The number of sulfonamides is 1. The molecule has 0 spiro atoms. The zero-order chi connectivity index (χ0) is 13.8. The Labute approximate surface area is 105 Å². The summed E-state index contributed by atoms with van der Waals surface area (Å²) in [5.41, 5.74) is -0.169. The zero-order valence-corrected chi connectivity index (χ0v) is 10.6. The fraction of sp³-hybridized carbons (Fsp3) is 0.400. The molecule has 1 aromatic rings. The third-order valence-corrected chi connectivity index (χ3v) is 3.73. The minimum Gasteiger partial charge on any atom is -0.396 e. The van der Waals surface area contributed by atoms with Crippen LogP contribution >= 0.6 is 0 Å². The molecule has 0 radical (unpaired) electrons. The fourth-order valence-corrected chi connectivity index (χ4v) is 2.31. The molecule has 1 rings (SSSR count). The zero-order valence-electron chi connectivity index (χ0n) is 9.74. The molecule has 100 valence electrons. The summed E-state index contributed by atoms with van der Waals surface area (Å²) in [7, 11) is -3.69. The molecule has 0 heterocycles. The lowest BCUT2D eigenvalue weighted by Gasteiger charge is -2.10. The second kappa shape index (κ2) is 5.89. The molecule has 1 aromatic carbocycles. The molecule has 0 aliphatic carbocycles. The molecule has 0 amide bonds. The van der Waals surface area contributed by atoms with E-state index >= 15 is 0 Å². The molecule has 0 saturated heterocycles. The number of nitrogens with zero attached hydrogens (tertiary/aromatic N) is 1. The smallest absolute Gasteiger partial charge is 0.269 e. The Morgan fingerprint density at radius 1 is 1.39 bits per heavy atom. The maximum Gasteiger partial charge on any atom is 0.269 e. The van der Waals surface area contributed by atoms with Crippen molar-refractivity contribution in [1.82, 2.24) is 4.72 Å². The molecule has 18 heavy (non-hydrogen) atoms. The van der Waals surface area contributed by atoms with Crippen LogP contribution in [0.2, 0.25) is 0 Å². The van der Waals surface area contributed by atoms with Gasteiger partial charge in [0.1, 0.15) is 0 Å². The summed E-state index contributed by atoms with van der Waals surface area (Å²) < 4.78 is 25.9. The van der Waals surface area contributed by atoms with Gasteiger partial charge in [-0.25, -0.2) is 13.1 Å². The first kappa shape index (κ1) is 14.6.